The van der Waals surface area contributed by atoms with E-state index in [1.54, 1.807) is 0 Å². The molecule has 0 radical (unpaired) electrons. The van der Waals surface area contributed by atoms with Crippen molar-refractivity contribution in [1.29, 1.82) is 0 Å². The molecule has 0 N–H and O–H groups in total. The average molecular weight is 169 g/mol. The van der Waals surface area contributed by atoms with Gasteiger partial charge < -0.3 is 0 Å². The lowest BCUT2D eigenvalue weighted by molar-refractivity contribution is 0.522. The number of unbranched alkanes of at least 4 members (excludes halogenated alkanes) is 2. The predicted molar refractivity (Wildman–Crippen MR) is 52.0 cm³/mol. The first-order chi connectivity index (χ1) is 5.85. The topological polar surface area (TPSA) is 48.8 Å². The van der Waals surface area contributed by atoms with Gasteiger partial charge in [-0.1, -0.05) is 44.6 Å². The lowest BCUT2D eigenvalue weighted by atomic mass is 10.1. The zero-order valence-corrected chi connectivity index (χ0v) is 8.16. The summed E-state index contributed by atoms with van der Waals surface area (Å²) in [5, 5.41) is 3.77. The molecule has 0 aliphatic rings. The summed E-state index contributed by atoms with van der Waals surface area (Å²) in [7, 11) is 0. The molecule has 3 nitrogen and oxygen atoms in total. The van der Waals surface area contributed by atoms with Crippen molar-refractivity contribution in [1.82, 2.24) is 0 Å². The molecule has 0 amide bonds. The quantitative estimate of drug-likeness (QED) is 0.239. The third kappa shape index (κ3) is 6.05. The second-order valence-corrected chi connectivity index (χ2v) is 3.14. The fourth-order valence-corrected chi connectivity index (χ4v) is 1.30. The lowest BCUT2D eigenvalue weighted by Gasteiger charge is -2.07. The van der Waals surface area contributed by atoms with Gasteiger partial charge in [-0.3, -0.25) is 0 Å². The molecule has 0 aliphatic heterocycles. The second kappa shape index (κ2) is 8.41. The monoisotopic (exact) mass is 169 g/mol. The standard InChI is InChI=1S/C9H19N3/c1-3-5-6-8-9(7-4-2)11-12-10/h9H,3-8H2,1-2H3/t9-/m0/s1. The molecular formula is C9H19N3. The Labute approximate surface area is 74.8 Å². The molecule has 0 saturated carbocycles. The highest BCUT2D eigenvalue weighted by molar-refractivity contribution is 4.66. The van der Waals surface area contributed by atoms with Crippen molar-refractivity contribution in [3.05, 3.63) is 10.4 Å². The number of hydrogen-bond donors (Lipinski definition) is 0. The molecule has 0 fully saturated rings. The van der Waals surface area contributed by atoms with Crippen LogP contribution >= 0.6 is 0 Å². The molecule has 0 saturated heterocycles. The summed E-state index contributed by atoms with van der Waals surface area (Å²) in [5.41, 5.74) is 8.28. The average Bonchev–Trinajstić information content (AvgIpc) is 2.06. The molecule has 0 spiro atoms. The van der Waals surface area contributed by atoms with Crippen molar-refractivity contribution in [3.8, 4) is 0 Å². The molecule has 12 heavy (non-hydrogen) atoms. The van der Waals surface area contributed by atoms with E-state index < -0.39 is 0 Å². The van der Waals surface area contributed by atoms with E-state index in [1.807, 2.05) is 0 Å². The largest absolute Gasteiger partial charge is 0.0906 e. The van der Waals surface area contributed by atoms with Gasteiger partial charge in [0.05, 0.1) is 0 Å². The summed E-state index contributed by atoms with van der Waals surface area (Å²) in [6.07, 6.45) is 6.88. The molecule has 1 atom stereocenters. The Bertz CT molecular complexity index is 139. The number of rotatable bonds is 7. The maximum Gasteiger partial charge on any atom is 0.0374 e. The van der Waals surface area contributed by atoms with Crippen LogP contribution in [-0.2, 0) is 0 Å². The lowest BCUT2D eigenvalue weighted by Crippen LogP contribution is -2.02. The Morgan fingerprint density at radius 2 is 1.92 bits per heavy atom. The van der Waals surface area contributed by atoms with Gasteiger partial charge >= 0.3 is 0 Å². The highest BCUT2D eigenvalue weighted by Crippen LogP contribution is 2.11. The third-order valence-corrected chi connectivity index (χ3v) is 1.98. The maximum atomic E-state index is 8.28. The highest BCUT2D eigenvalue weighted by Gasteiger charge is 2.03. The van der Waals surface area contributed by atoms with Crippen LogP contribution in [0.25, 0.3) is 10.4 Å². The summed E-state index contributed by atoms with van der Waals surface area (Å²) < 4.78 is 0. The Hall–Kier alpha value is -0.690. The fourth-order valence-electron chi connectivity index (χ4n) is 1.30. The van der Waals surface area contributed by atoms with Gasteiger partial charge in [-0.05, 0) is 18.4 Å². The molecule has 0 bridgehead atoms. The minimum Gasteiger partial charge on any atom is -0.0906 e. The molecule has 0 aromatic rings. The Balaban J connectivity index is 3.55. The van der Waals surface area contributed by atoms with Crippen LogP contribution in [0.15, 0.2) is 5.11 Å². The minimum absolute atomic E-state index is 0.242. The smallest absolute Gasteiger partial charge is 0.0374 e. The van der Waals surface area contributed by atoms with Crippen LogP contribution in [-0.4, -0.2) is 6.04 Å². The molecule has 70 valence electrons. The summed E-state index contributed by atoms with van der Waals surface area (Å²) >= 11 is 0. The first-order valence-corrected chi connectivity index (χ1v) is 4.89. The van der Waals surface area contributed by atoms with Gasteiger partial charge in [0.1, 0.15) is 0 Å². The van der Waals surface area contributed by atoms with Crippen LogP contribution in [0.5, 0.6) is 0 Å². The minimum atomic E-state index is 0.242. The van der Waals surface area contributed by atoms with Crippen LogP contribution in [0.1, 0.15) is 52.4 Å². The van der Waals surface area contributed by atoms with Gasteiger partial charge in [-0.15, -0.1) is 0 Å². The van der Waals surface area contributed by atoms with Crippen molar-refractivity contribution in [3.63, 3.8) is 0 Å². The van der Waals surface area contributed by atoms with Crippen LogP contribution in [0.4, 0.5) is 0 Å². The van der Waals surface area contributed by atoms with E-state index in [0.29, 0.717) is 0 Å². The molecule has 0 rings (SSSR count). The number of azide groups is 1. The van der Waals surface area contributed by atoms with E-state index >= 15 is 0 Å². The Morgan fingerprint density at radius 1 is 1.17 bits per heavy atom. The Kier molecular flexibility index (Phi) is 7.92. The van der Waals surface area contributed by atoms with E-state index in [9.17, 15) is 0 Å². The molecule has 0 aliphatic carbocycles. The normalized spacial score (nSPS) is 12.2. The zero-order valence-electron chi connectivity index (χ0n) is 8.16. The molecule has 0 heterocycles. The summed E-state index contributed by atoms with van der Waals surface area (Å²) in [4.78, 5) is 2.86. The molecule has 0 aromatic carbocycles. The van der Waals surface area contributed by atoms with Crippen LogP contribution in [0, 0.1) is 0 Å². The Morgan fingerprint density at radius 3 is 2.42 bits per heavy atom. The van der Waals surface area contributed by atoms with Crippen molar-refractivity contribution < 1.29 is 0 Å². The van der Waals surface area contributed by atoms with Gasteiger partial charge in [-0.2, -0.15) is 0 Å². The van der Waals surface area contributed by atoms with E-state index in [0.717, 1.165) is 19.3 Å². The maximum absolute atomic E-state index is 8.28. The predicted octanol–water partition coefficient (Wildman–Crippen LogP) is 4.05. The van der Waals surface area contributed by atoms with E-state index in [2.05, 4.69) is 23.9 Å². The third-order valence-electron chi connectivity index (χ3n) is 1.98. The van der Waals surface area contributed by atoms with Crippen LogP contribution in [0.3, 0.4) is 0 Å². The molecular weight excluding hydrogens is 150 g/mol. The molecule has 0 unspecified atom stereocenters. The van der Waals surface area contributed by atoms with E-state index in [4.69, 9.17) is 5.53 Å². The first kappa shape index (κ1) is 11.3. The summed E-state index contributed by atoms with van der Waals surface area (Å²) in [5.74, 6) is 0. The number of nitrogens with zero attached hydrogens (tertiary/aromatic N) is 3. The van der Waals surface area contributed by atoms with Crippen LogP contribution in [0.2, 0.25) is 0 Å². The summed E-state index contributed by atoms with van der Waals surface area (Å²) in [6, 6.07) is 0.242. The van der Waals surface area contributed by atoms with Gasteiger partial charge in [0.2, 0.25) is 0 Å². The van der Waals surface area contributed by atoms with Crippen molar-refractivity contribution in [2.45, 2.75) is 58.4 Å². The van der Waals surface area contributed by atoms with Gasteiger partial charge in [0.25, 0.3) is 0 Å². The molecule has 3 heteroatoms. The SMILES string of the molecule is CCCCC[C@H](CCC)N=[N+]=[N-]. The zero-order chi connectivity index (χ0) is 9.23. The van der Waals surface area contributed by atoms with Crippen molar-refractivity contribution in [2.75, 3.05) is 0 Å². The van der Waals surface area contributed by atoms with E-state index in [-0.39, 0.29) is 6.04 Å². The van der Waals surface area contributed by atoms with Crippen LogP contribution < -0.4 is 0 Å². The second-order valence-electron chi connectivity index (χ2n) is 3.14. The fraction of sp³-hybridized carbons (Fsp3) is 1.00. The van der Waals surface area contributed by atoms with Crippen molar-refractivity contribution >= 4 is 0 Å². The summed E-state index contributed by atoms with van der Waals surface area (Å²) in [6.45, 7) is 4.31. The molecule has 0 aromatic heterocycles. The van der Waals surface area contributed by atoms with Gasteiger partial charge in [0.15, 0.2) is 0 Å². The van der Waals surface area contributed by atoms with Gasteiger partial charge in [0, 0.05) is 11.0 Å². The van der Waals surface area contributed by atoms with Gasteiger partial charge in [-0.25, -0.2) is 0 Å². The van der Waals surface area contributed by atoms with Crippen molar-refractivity contribution in [2.24, 2.45) is 5.11 Å². The first-order valence-electron chi connectivity index (χ1n) is 4.89. The number of hydrogen-bond acceptors (Lipinski definition) is 1. The van der Waals surface area contributed by atoms with E-state index in [1.165, 1.54) is 19.3 Å². The highest BCUT2D eigenvalue weighted by atomic mass is 15.1.